The molecule has 0 saturated heterocycles. The highest BCUT2D eigenvalue weighted by Gasteiger charge is 2.28. The van der Waals surface area contributed by atoms with Crippen LogP contribution in [-0.2, 0) is 11.2 Å². The molecule has 1 aliphatic carbocycles. The van der Waals surface area contributed by atoms with Crippen LogP contribution < -0.4 is 0 Å². The number of aryl methyl sites for hydroxylation is 1. The molecular weight excluding hydrogens is 254 g/mol. The van der Waals surface area contributed by atoms with Gasteiger partial charge in [-0.05, 0) is 42.9 Å². The second kappa shape index (κ2) is 4.97. The number of ether oxygens (including phenoxy) is 1. The molecule has 0 aromatic carbocycles. The fourth-order valence-electron chi connectivity index (χ4n) is 2.97. The molecule has 1 aliphatic rings. The van der Waals surface area contributed by atoms with E-state index in [1.165, 1.54) is 5.56 Å². The van der Waals surface area contributed by atoms with Crippen LogP contribution >= 0.6 is 0 Å². The standard InChI is InChI=1S/C15H15N3O2/c1-2-20-15(19)12-9-17-18-8-6-11-4-3-10(5-7-16)13(11)14(12)18/h6,8-10H,2-5H2,1H3. The van der Waals surface area contributed by atoms with E-state index in [0.717, 1.165) is 23.9 Å². The van der Waals surface area contributed by atoms with Gasteiger partial charge in [0.2, 0.25) is 0 Å². The molecule has 0 amide bonds. The maximum atomic E-state index is 12.0. The molecule has 0 fully saturated rings. The first-order chi connectivity index (χ1) is 9.76. The number of rotatable bonds is 3. The SMILES string of the molecule is CCOC(=O)c1cnn2ccc3c(c12)C(CC#N)CC3. The predicted octanol–water partition coefficient (Wildman–Crippen LogP) is 2.45. The highest BCUT2D eigenvalue weighted by Crippen LogP contribution is 2.39. The van der Waals surface area contributed by atoms with Gasteiger partial charge in [0.15, 0.2) is 0 Å². The van der Waals surface area contributed by atoms with Crippen molar-refractivity contribution in [2.75, 3.05) is 6.61 Å². The van der Waals surface area contributed by atoms with Crippen molar-refractivity contribution in [3.8, 4) is 6.07 Å². The number of hydrogen-bond acceptors (Lipinski definition) is 4. The highest BCUT2D eigenvalue weighted by atomic mass is 16.5. The molecule has 0 N–H and O–H groups in total. The van der Waals surface area contributed by atoms with Gasteiger partial charge in [-0.25, -0.2) is 9.31 Å². The van der Waals surface area contributed by atoms with Crippen LogP contribution in [-0.4, -0.2) is 22.2 Å². The van der Waals surface area contributed by atoms with Crippen LogP contribution in [0, 0.1) is 11.3 Å². The van der Waals surface area contributed by atoms with Crippen molar-refractivity contribution in [1.29, 1.82) is 5.26 Å². The number of nitriles is 1. The summed E-state index contributed by atoms with van der Waals surface area (Å²) in [5, 5.41) is 13.2. The maximum Gasteiger partial charge on any atom is 0.341 e. The lowest BCUT2D eigenvalue weighted by atomic mass is 9.97. The molecule has 1 atom stereocenters. The van der Waals surface area contributed by atoms with Gasteiger partial charge in [-0.1, -0.05) is 0 Å². The summed E-state index contributed by atoms with van der Waals surface area (Å²) in [6.45, 7) is 2.12. The van der Waals surface area contributed by atoms with Crippen LogP contribution in [0.15, 0.2) is 18.5 Å². The summed E-state index contributed by atoms with van der Waals surface area (Å²) in [6, 6.07) is 4.26. The van der Waals surface area contributed by atoms with Crippen molar-refractivity contribution >= 4 is 11.5 Å². The third-order valence-electron chi connectivity index (χ3n) is 3.82. The van der Waals surface area contributed by atoms with Gasteiger partial charge in [-0.3, -0.25) is 0 Å². The first-order valence-corrected chi connectivity index (χ1v) is 6.79. The minimum atomic E-state index is -0.349. The smallest absolute Gasteiger partial charge is 0.341 e. The third kappa shape index (κ3) is 1.85. The Morgan fingerprint density at radius 2 is 2.50 bits per heavy atom. The molecule has 2 aromatic heterocycles. The number of fused-ring (bicyclic) bond motifs is 3. The van der Waals surface area contributed by atoms with Crippen molar-refractivity contribution in [2.24, 2.45) is 0 Å². The van der Waals surface area contributed by atoms with E-state index < -0.39 is 0 Å². The zero-order valence-corrected chi connectivity index (χ0v) is 11.3. The molecule has 2 heterocycles. The minimum Gasteiger partial charge on any atom is -0.462 e. The molecule has 5 heteroatoms. The Kier molecular flexibility index (Phi) is 3.15. The molecular formula is C15H15N3O2. The average molecular weight is 269 g/mol. The second-order valence-electron chi connectivity index (χ2n) is 4.92. The Balaban J connectivity index is 2.18. The topological polar surface area (TPSA) is 67.4 Å². The largest absolute Gasteiger partial charge is 0.462 e. The third-order valence-corrected chi connectivity index (χ3v) is 3.82. The van der Waals surface area contributed by atoms with Crippen LogP contribution in [0.2, 0.25) is 0 Å². The molecule has 0 bridgehead atoms. The molecule has 5 nitrogen and oxygen atoms in total. The Morgan fingerprint density at radius 3 is 3.25 bits per heavy atom. The van der Waals surface area contributed by atoms with Gasteiger partial charge in [-0.15, -0.1) is 0 Å². The highest BCUT2D eigenvalue weighted by molar-refractivity contribution is 5.98. The van der Waals surface area contributed by atoms with E-state index >= 15 is 0 Å². The van der Waals surface area contributed by atoms with Crippen molar-refractivity contribution in [3.63, 3.8) is 0 Å². The summed E-state index contributed by atoms with van der Waals surface area (Å²) in [6.07, 6.45) is 5.79. The molecule has 20 heavy (non-hydrogen) atoms. The van der Waals surface area contributed by atoms with Crippen molar-refractivity contribution in [2.45, 2.75) is 32.1 Å². The van der Waals surface area contributed by atoms with E-state index in [2.05, 4.69) is 11.2 Å². The van der Waals surface area contributed by atoms with E-state index in [4.69, 9.17) is 10.00 Å². The molecule has 0 saturated carbocycles. The fourth-order valence-corrected chi connectivity index (χ4v) is 2.97. The van der Waals surface area contributed by atoms with Gasteiger partial charge in [0, 0.05) is 12.6 Å². The molecule has 1 unspecified atom stereocenters. The van der Waals surface area contributed by atoms with E-state index in [9.17, 15) is 4.79 Å². The normalized spacial score (nSPS) is 16.9. The Labute approximate surface area is 116 Å². The van der Waals surface area contributed by atoms with E-state index in [1.807, 2.05) is 12.3 Å². The number of hydrogen-bond donors (Lipinski definition) is 0. The second-order valence-corrected chi connectivity index (χ2v) is 4.92. The monoisotopic (exact) mass is 269 g/mol. The summed E-state index contributed by atoms with van der Waals surface area (Å²) in [5.74, 6) is -0.165. The number of nitrogens with zero attached hydrogens (tertiary/aromatic N) is 3. The molecule has 3 rings (SSSR count). The number of carbonyl (C=O) groups excluding carboxylic acids is 1. The summed E-state index contributed by atoms with van der Waals surface area (Å²) < 4.78 is 6.80. The first kappa shape index (κ1) is 12.7. The van der Waals surface area contributed by atoms with E-state index in [1.54, 1.807) is 17.6 Å². The average Bonchev–Trinajstić information content (AvgIpc) is 3.02. The van der Waals surface area contributed by atoms with Crippen LogP contribution in [0.1, 0.15) is 47.2 Å². The van der Waals surface area contributed by atoms with Crippen molar-refractivity contribution < 1.29 is 9.53 Å². The molecule has 2 aromatic rings. The van der Waals surface area contributed by atoms with Crippen LogP contribution in [0.3, 0.4) is 0 Å². The van der Waals surface area contributed by atoms with Gasteiger partial charge in [0.25, 0.3) is 0 Å². The van der Waals surface area contributed by atoms with Gasteiger partial charge >= 0.3 is 5.97 Å². The minimum absolute atomic E-state index is 0.184. The lowest BCUT2D eigenvalue weighted by molar-refractivity contribution is 0.0528. The zero-order valence-electron chi connectivity index (χ0n) is 11.3. The van der Waals surface area contributed by atoms with Gasteiger partial charge in [0.1, 0.15) is 5.56 Å². The molecule has 0 radical (unpaired) electrons. The van der Waals surface area contributed by atoms with Crippen LogP contribution in [0.4, 0.5) is 0 Å². The number of aromatic nitrogens is 2. The quantitative estimate of drug-likeness (QED) is 0.803. The van der Waals surface area contributed by atoms with E-state index in [0.29, 0.717) is 18.6 Å². The van der Waals surface area contributed by atoms with Crippen LogP contribution in [0.5, 0.6) is 0 Å². The summed E-state index contributed by atoms with van der Waals surface area (Å²) in [4.78, 5) is 12.0. The number of carbonyl (C=O) groups is 1. The first-order valence-electron chi connectivity index (χ1n) is 6.79. The fraction of sp³-hybridized carbons (Fsp3) is 0.400. The predicted molar refractivity (Wildman–Crippen MR) is 72.4 cm³/mol. The van der Waals surface area contributed by atoms with Crippen LogP contribution in [0.25, 0.3) is 5.52 Å². The van der Waals surface area contributed by atoms with Gasteiger partial charge in [0.05, 0.1) is 24.4 Å². The summed E-state index contributed by atoms with van der Waals surface area (Å²) in [5.41, 5.74) is 3.60. The summed E-state index contributed by atoms with van der Waals surface area (Å²) >= 11 is 0. The molecule has 102 valence electrons. The van der Waals surface area contributed by atoms with E-state index in [-0.39, 0.29) is 11.9 Å². The van der Waals surface area contributed by atoms with Crippen molar-refractivity contribution in [1.82, 2.24) is 9.61 Å². The maximum absolute atomic E-state index is 12.0. The Bertz CT molecular complexity index is 712. The van der Waals surface area contributed by atoms with Crippen molar-refractivity contribution in [3.05, 3.63) is 35.2 Å². The summed E-state index contributed by atoms with van der Waals surface area (Å²) in [7, 11) is 0. The number of pyridine rings is 1. The molecule has 0 spiro atoms. The number of esters is 1. The lowest BCUT2D eigenvalue weighted by Gasteiger charge is -2.10. The lowest BCUT2D eigenvalue weighted by Crippen LogP contribution is -2.06. The van der Waals surface area contributed by atoms with Gasteiger partial charge in [-0.2, -0.15) is 10.4 Å². The molecule has 0 aliphatic heterocycles. The Morgan fingerprint density at radius 1 is 1.65 bits per heavy atom. The van der Waals surface area contributed by atoms with Gasteiger partial charge < -0.3 is 4.74 Å². The zero-order chi connectivity index (χ0) is 14.1. The Hall–Kier alpha value is -2.35.